The van der Waals surface area contributed by atoms with Gasteiger partial charge in [-0.1, -0.05) is 36.8 Å². The van der Waals surface area contributed by atoms with Gasteiger partial charge in [0.1, 0.15) is 0 Å². The van der Waals surface area contributed by atoms with Crippen LogP contribution >= 0.6 is 0 Å². The molecule has 0 saturated carbocycles. The maximum absolute atomic E-state index is 11.3. The van der Waals surface area contributed by atoms with Crippen molar-refractivity contribution in [3.05, 3.63) is 35.4 Å². The van der Waals surface area contributed by atoms with Crippen molar-refractivity contribution in [3.63, 3.8) is 0 Å². The third kappa shape index (κ3) is 1.52. The molecule has 1 saturated heterocycles. The Morgan fingerprint density at radius 2 is 1.93 bits per heavy atom. The number of aryl methyl sites for hydroxylation is 1. The lowest BCUT2D eigenvalue weighted by atomic mass is 9.90. The van der Waals surface area contributed by atoms with Crippen LogP contribution in [0.4, 0.5) is 0 Å². The number of carbonyl (C=O) groups is 1. The van der Waals surface area contributed by atoms with E-state index in [1.807, 2.05) is 6.92 Å². The van der Waals surface area contributed by atoms with Gasteiger partial charge in [0, 0.05) is 18.4 Å². The minimum atomic E-state index is 0.109. The van der Waals surface area contributed by atoms with Crippen molar-refractivity contribution >= 4 is 5.91 Å². The largest absolute Gasteiger partial charge is 0.355 e. The van der Waals surface area contributed by atoms with Crippen LogP contribution in [0.2, 0.25) is 0 Å². The normalized spacial score (nSPS) is 26.3. The van der Waals surface area contributed by atoms with Crippen molar-refractivity contribution < 1.29 is 4.79 Å². The van der Waals surface area contributed by atoms with Gasteiger partial charge in [-0.3, -0.25) is 4.79 Å². The second-order valence-corrected chi connectivity index (χ2v) is 4.05. The molecule has 0 aromatic heterocycles. The van der Waals surface area contributed by atoms with Crippen LogP contribution in [-0.4, -0.2) is 12.5 Å². The monoisotopic (exact) mass is 189 g/mol. The van der Waals surface area contributed by atoms with Crippen LogP contribution in [0.15, 0.2) is 24.3 Å². The van der Waals surface area contributed by atoms with Crippen molar-refractivity contribution in [3.8, 4) is 0 Å². The van der Waals surface area contributed by atoms with Crippen LogP contribution in [0.1, 0.15) is 24.0 Å². The Morgan fingerprint density at radius 1 is 1.29 bits per heavy atom. The van der Waals surface area contributed by atoms with Gasteiger partial charge in [0.2, 0.25) is 5.91 Å². The lowest BCUT2D eigenvalue weighted by molar-refractivity contribution is -0.122. The highest BCUT2D eigenvalue weighted by atomic mass is 16.2. The standard InChI is InChI=1S/C12H15NO/c1-8-3-5-10(6-4-8)11-7-13-12(14)9(11)2/h3-6,9,11H,7H2,1-2H3,(H,13,14)/t9?,11-/m1/s1. The summed E-state index contributed by atoms with van der Waals surface area (Å²) in [6, 6.07) is 8.45. The Labute approximate surface area is 84.3 Å². The molecule has 2 rings (SSSR count). The molecule has 74 valence electrons. The van der Waals surface area contributed by atoms with Crippen molar-refractivity contribution in [2.24, 2.45) is 5.92 Å². The predicted octanol–water partition coefficient (Wildman–Crippen LogP) is 1.84. The SMILES string of the molecule is Cc1ccc([C@@H]2CNC(=O)C2C)cc1. The lowest BCUT2D eigenvalue weighted by Gasteiger charge is -2.12. The summed E-state index contributed by atoms with van der Waals surface area (Å²) >= 11 is 0. The second-order valence-electron chi connectivity index (χ2n) is 4.05. The number of hydrogen-bond acceptors (Lipinski definition) is 1. The molecular weight excluding hydrogens is 174 g/mol. The maximum Gasteiger partial charge on any atom is 0.223 e. The van der Waals surface area contributed by atoms with Crippen molar-refractivity contribution in [2.45, 2.75) is 19.8 Å². The molecule has 0 aliphatic carbocycles. The first kappa shape index (κ1) is 9.25. The van der Waals surface area contributed by atoms with Crippen molar-refractivity contribution in [1.29, 1.82) is 0 Å². The van der Waals surface area contributed by atoms with Gasteiger partial charge < -0.3 is 5.32 Å². The average Bonchev–Trinajstić information content (AvgIpc) is 2.50. The minimum absolute atomic E-state index is 0.109. The van der Waals surface area contributed by atoms with E-state index < -0.39 is 0 Å². The Hall–Kier alpha value is -1.31. The highest BCUT2D eigenvalue weighted by Crippen LogP contribution is 2.28. The number of benzene rings is 1. The highest BCUT2D eigenvalue weighted by molar-refractivity contribution is 5.81. The second kappa shape index (κ2) is 3.45. The quantitative estimate of drug-likeness (QED) is 0.717. The molecule has 0 radical (unpaired) electrons. The van der Waals surface area contributed by atoms with Crippen LogP contribution in [0.5, 0.6) is 0 Å². The molecule has 1 aliphatic rings. The molecule has 1 aromatic rings. The summed E-state index contributed by atoms with van der Waals surface area (Å²) in [5.74, 6) is 0.636. The summed E-state index contributed by atoms with van der Waals surface area (Å²) in [5, 5.41) is 2.89. The van der Waals surface area contributed by atoms with E-state index >= 15 is 0 Å². The summed E-state index contributed by atoms with van der Waals surface area (Å²) in [5.41, 5.74) is 2.53. The van der Waals surface area contributed by atoms with Gasteiger partial charge in [0.15, 0.2) is 0 Å². The number of nitrogens with one attached hydrogen (secondary N) is 1. The van der Waals surface area contributed by atoms with Crippen LogP contribution in [0, 0.1) is 12.8 Å². The number of carbonyl (C=O) groups excluding carboxylic acids is 1. The number of amides is 1. The zero-order valence-electron chi connectivity index (χ0n) is 8.58. The third-order valence-corrected chi connectivity index (χ3v) is 3.02. The molecule has 2 atom stereocenters. The maximum atomic E-state index is 11.3. The molecule has 2 heteroatoms. The molecule has 1 aromatic carbocycles. The molecule has 1 amide bonds. The van der Waals surface area contributed by atoms with Crippen LogP contribution < -0.4 is 5.32 Å². The van der Waals surface area contributed by atoms with E-state index in [4.69, 9.17) is 0 Å². The van der Waals surface area contributed by atoms with Crippen LogP contribution in [-0.2, 0) is 4.79 Å². The molecule has 1 heterocycles. The Bertz CT molecular complexity index is 342. The molecular formula is C12H15NO. The van der Waals surface area contributed by atoms with E-state index in [1.165, 1.54) is 11.1 Å². The van der Waals surface area contributed by atoms with Gasteiger partial charge in [0.05, 0.1) is 0 Å². The minimum Gasteiger partial charge on any atom is -0.355 e. The molecule has 1 unspecified atom stereocenters. The first-order valence-corrected chi connectivity index (χ1v) is 5.03. The fraction of sp³-hybridized carbons (Fsp3) is 0.417. The molecule has 1 aliphatic heterocycles. The van der Waals surface area contributed by atoms with E-state index in [0.717, 1.165) is 6.54 Å². The first-order valence-electron chi connectivity index (χ1n) is 5.03. The van der Waals surface area contributed by atoms with Gasteiger partial charge in [-0.2, -0.15) is 0 Å². The Balaban J connectivity index is 2.23. The summed E-state index contributed by atoms with van der Waals surface area (Å²) in [4.78, 5) is 11.3. The fourth-order valence-corrected chi connectivity index (χ4v) is 1.95. The van der Waals surface area contributed by atoms with Crippen molar-refractivity contribution in [1.82, 2.24) is 5.32 Å². The number of rotatable bonds is 1. The molecule has 0 bridgehead atoms. The predicted molar refractivity (Wildman–Crippen MR) is 56.1 cm³/mol. The lowest BCUT2D eigenvalue weighted by Crippen LogP contribution is -2.16. The topological polar surface area (TPSA) is 29.1 Å². The van der Waals surface area contributed by atoms with E-state index in [9.17, 15) is 4.79 Å². The van der Waals surface area contributed by atoms with Crippen LogP contribution in [0.3, 0.4) is 0 Å². The average molecular weight is 189 g/mol. The van der Waals surface area contributed by atoms with Gasteiger partial charge in [-0.15, -0.1) is 0 Å². The first-order chi connectivity index (χ1) is 6.68. The fourth-order valence-electron chi connectivity index (χ4n) is 1.95. The van der Waals surface area contributed by atoms with E-state index in [0.29, 0.717) is 5.92 Å². The molecule has 0 spiro atoms. The summed E-state index contributed by atoms with van der Waals surface area (Å²) in [7, 11) is 0. The summed E-state index contributed by atoms with van der Waals surface area (Å²) in [6.45, 7) is 4.85. The van der Waals surface area contributed by atoms with Crippen LogP contribution in [0.25, 0.3) is 0 Å². The van der Waals surface area contributed by atoms with Gasteiger partial charge in [-0.05, 0) is 12.5 Å². The van der Waals surface area contributed by atoms with Gasteiger partial charge >= 0.3 is 0 Å². The van der Waals surface area contributed by atoms with Gasteiger partial charge in [-0.25, -0.2) is 0 Å². The third-order valence-electron chi connectivity index (χ3n) is 3.02. The summed E-state index contributed by atoms with van der Waals surface area (Å²) in [6.07, 6.45) is 0. The van der Waals surface area contributed by atoms with Gasteiger partial charge in [0.25, 0.3) is 0 Å². The summed E-state index contributed by atoms with van der Waals surface area (Å²) < 4.78 is 0. The van der Waals surface area contributed by atoms with E-state index in [1.54, 1.807) is 0 Å². The highest BCUT2D eigenvalue weighted by Gasteiger charge is 2.31. The zero-order valence-corrected chi connectivity index (χ0v) is 8.58. The molecule has 1 N–H and O–H groups in total. The molecule has 2 nitrogen and oxygen atoms in total. The Kier molecular flexibility index (Phi) is 2.28. The zero-order chi connectivity index (χ0) is 10.1. The van der Waals surface area contributed by atoms with E-state index in [-0.39, 0.29) is 11.8 Å². The smallest absolute Gasteiger partial charge is 0.223 e. The van der Waals surface area contributed by atoms with E-state index in [2.05, 4.69) is 36.5 Å². The number of hydrogen-bond donors (Lipinski definition) is 1. The van der Waals surface area contributed by atoms with Crippen molar-refractivity contribution in [2.75, 3.05) is 6.54 Å². The Morgan fingerprint density at radius 3 is 2.43 bits per heavy atom. The molecule has 1 fully saturated rings. The molecule has 14 heavy (non-hydrogen) atoms.